The summed E-state index contributed by atoms with van der Waals surface area (Å²) >= 11 is 11.8. The molecule has 1 heterocycles. The lowest BCUT2D eigenvalue weighted by Crippen LogP contribution is -2.00. The number of nitrogens with one attached hydrogen (secondary N) is 1. The standard InChI is InChI=1S/C12H11Cl2N3/c1-7-8(2)15-12(17-11(7)14)16-10-5-3-9(13)4-6-10/h3-6H,1-2H3,(H,15,16,17). The van der Waals surface area contributed by atoms with Gasteiger partial charge in [-0.3, -0.25) is 0 Å². The summed E-state index contributed by atoms with van der Waals surface area (Å²) in [6.07, 6.45) is 0. The normalized spacial score (nSPS) is 10.4. The van der Waals surface area contributed by atoms with E-state index in [1.807, 2.05) is 26.0 Å². The third-order valence-corrected chi connectivity index (χ3v) is 3.05. The van der Waals surface area contributed by atoms with Crippen LogP contribution in [0.4, 0.5) is 11.6 Å². The molecule has 0 fully saturated rings. The minimum absolute atomic E-state index is 0.467. The average molecular weight is 268 g/mol. The number of aromatic nitrogens is 2. The number of halogens is 2. The number of hydrogen-bond donors (Lipinski definition) is 1. The first kappa shape index (κ1) is 12.1. The van der Waals surface area contributed by atoms with Crippen LogP contribution in [0.5, 0.6) is 0 Å². The van der Waals surface area contributed by atoms with Crippen LogP contribution in [-0.2, 0) is 0 Å². The molecular formula is C12H11Cl2N3. The van der Waals surface area contributed by atoms with E-state index in [4.69, 9.17) is 23.2 Å². The molecule has 2 rings (SSSR count). The zero-order valence-electron chi connectivity index (χ0n) is 9.46. The lowest BCUT2D eigenvalue weighted by Gasteiger charge is -2.08. The first-order valence-electron chi connectivity index (χ1n) is 5.09. The number of anilines is 2. The molecule has 0 saturated carbocycles. The maximum atomic E-state index is 6.00. The van der Waals surface area contributed by atoms with E-state index in [1.54, 1.807) is 12.1 Å². The van der Waals surface area contributed by atoms with Gasteiger partial charge < -0.3 is 5.32 Å². The van der Waals surface area contributed by atoms with Crippen molar-refractivity contribution in [3.05, 3.63) is 45.7 Å². The van der Waals surface area contributed by atoms with Crippen molar-refractivity contribution in [2.75, 3.05) is 5.32 Å². The second-order valence-electron chi connectivity index (χ2n) is 3.68. The summed E-state index contributed by atoms with van der Waals surface area (Å²) in [6, 6.07) is 7.31. The number of nitrogens with zero attached hydrogens (tertiary/aromatic N) is 2. The van der Waals surface area contributed by atoms with E-state index in [-0.39, 0.29) is 0 Å². The lowest BCUT2D eigenvalue weighted by atomic mass is 10.3. The van der Waals surface area contributed by atoms with Crippen LogP contribution >= 0.6 is 23.2 Å². The number of rotatable bonds is 2. The van der Waals surface area contributed by atoms with Crippen LogP contribution in [0.15, 0.2) is 24.3 Å². The maximum Gasteiger partial charge on any atom is 0.228 e. The van der Waals surface area contributed by atoms with Gasteiger partial charge in [0, 0.05) is 22.0 Å². The fourth-order valence-corrected chi connectivity index (χ4v) is 1.65. The lowest BCUT2D eigenvalue weighted by molar-refractivity contribution is 1.07. The van der Waals surface area contributed by atoms with Gasteiger partial charge in [0.05, 0.1) is 0 Å². The fraction of sp³-hybridized carbons (Fsp3) is 0.167. The van der Waals surface area contributed by atoms with E-state index >= 15 is 0 Å². The second kappa shape index (κ2) is 4.90. The van der Waals surface area contributed by atoms with Gasteiger partial charge in [0.2, 0.25) is 5.95 Å². The van der Waals surface area contributed by atoms with E-state index in [0.717, 1.165) is 16.9 Å². The van der Waals surface area contributed by atoms with Gasteiger partial charge in [-0.25, -0.2) is 9.97 Å². The highest BCUT2D eigenvalue weighted by molar-refractivity contribution is 6.30. The molecule has 1 aromatic heterocycles. The molecule has 0 aliphatic heterocycles. The zero-order chi connectivity index (χ0) is 12.4. The Bertz CT molecular complexity index is 515. The predicted molar refractivity (Wildman–Crippen MR) is 71.3 cm³/mol. The van der Waals surface area contributed by atoms with E-state index in [9.17, 15) is 0 Å². The molecule has 5 heteroatoms. The van der Waals surface area contributed by atoms with Crippen molar-refractivity contribution in [2.45, 2.75) is 13.8 Å². The third kappa shape index (κ3) is 2.87. The Balaban J connectivity index is 2.27. The molecule has 17 heavy (non-hydrogen) atoms. The zero-order valence-corrected chi connectivity index (χ0v) is 11.0. The van der Waals surface area contributed by atoms with Crippen LogP contribution in [0.25, 0.3) is 0 Å². The van der Waals surface area contributed by atoms with Gasteiger partial charge >= 0.3 is 0 Å². The molecule has 0 bridgehead atoms. The Hall–Kier alpha value is -1.32. The second-order valence-corrected chi connectivity index (χ2v) is 4.47. The van der Waals surface area contributed by atoms with Gasteiger partial charge in [-0.15, -0.1) is 0 Å². The molecule has 0 aliphatic carbocycles. The summed E-state index contributed by atoms with van der Waals surface area (Å²) in [5.41, 5.74) is 2.63. The third-order valence-electron chi connectivity index (χ3n) is 2.43. The van der Waals surface area contributed by atoms with Gasteiger partial charge in [0.25, 0.3) is 0 Å². The van der Waals surface area contributed by atoms with Gasteiger partial charge in [0.1, 0.15) is 5.15 Å². The summed E-state index contributed by atoms with van der Waals surface area (Å²) in [4.78, 5) is 8.47. The highest BCUT2D eigenvalue weighted by atomic mass is 35.5. The molecule has 1 N–H and O–H groups in total. The van der Waals surface area contributed by atoms with Crippen molar-refractivity contribution in [1.82, 2.24) is 9.97 Å². The SMILES string of the molecule is Cc1nc(Nc2ccc(Cl)cc2)nc(Cl)c1C. The van der Waals surface area contributed by atoms with E-state index in [2.05, 4.69) is 15.3 Å². The molecule has 3 nitrogen and oxygen atoms in total. The summed E-state index contributed by atoms with van der Waals surface area (Å²) in [5, 5.41) is 4.23. The number of hydrogen-bond acceptors (Lipinski definition) is 3. The van der Waals surface area contributed by atoms with Crippen LogP contribution < -0.4 is 5.32 Å². The summed E-state index contributed by atoms with van der Waals surface area (Å²) in [6.45, 7) is 3.79. The highest BCUT2D eigenvalue weighted by Crippen LogP contribution is 2.20. The molecular weight excluding hydrogens is 257 g/mol. The van der Waals surface area contributed by atoms with Crippen LogP contribution in [0.3, 0.4) is 0 Å². The fourth-order valence-electron chi connectivity index (χ4n) is 1.31. The number of benzene rings is 1. The molecule has 0 aliphatic rings. The van der Waals surface area contributed by atoms with Crippen molar-refractivity contribution in [1.29, 1.82) is 0 Å². The van der Waals surface area contributed by atoms with E-state index in [0.29, 0.717) is 16.1 Å². The molecule has 0 spiro atoms. The molecule has 88 valence electrons. The largest absolute Gasteiger partial charge is 0.324 e. The molecule has 1 aromatic carbocycles. The van der Waals surface area contributed by atoms with E-state index < -0.39 is 0 Å². The topological polar surface area (TPSA) is 37.8 Å². The highest BCUT2D eigenvalue weighted by Gasteiger charge is 2.05. The molecule has 0 unspecified atom stereocenters. The van der Waals surface area contributed by atoms with Crippen LogP contribution in [0, 0.1) is 13.8 Å². The van der Waals surface area contributed by atoms with Crippen LogP contribution in [-0.4, -0.2) is 9.97 Å². The van der Waals surface area contributed by atoms with Gasteiger partial charge in [-0.05, 0) is 38.1 Å². The van der Waals surface area contributed by atoms with E-state index in [1.165, 1.54) is 0 Å². The molecule has 0 saturated heterocycles. The Labute approximate surface area is 110 Å². The van der Waals surface area contributed by atoms with Crippen molar-refractivity contribution < 1.29 is 0 Å². The molecule has 0 atom stereocenters. The minimum atomic E-state index is 0.467. The summed E-state index contributed by atoms with van der Waals surface area (Å²) in [7, 11) is 0. The summed E-state index contributed by atoms with van der Waals surface area (Å²) in [5.74, 6) is 0.487. The molecule has 0 amide bonds. The Kier molecular flexibility index (Phi) is 3.50. The minimum Gasteiger partial charge on any atom is -0.324 e. The first-order chi connectivity index (χ1) is 8.06. The van der Waals surface area contributed by atoms with Crippen LogP contribution in [0.2, 0.25) is 10.2 Å². The monoisotopic (exact) mass is 267 g/mol. The van der Waals surface area contributed by atoms with Gasteiger partial charge in [0.15, 0.2) is 0 Å². The first-order valence-corrected chi connectivity index (χ1v) is 5.85. The predicted octanol–water partition coefficient (Wildman–Crippen LogP) is 4.14. The van der Waals surface area contributed by atoms with Crippen molar-refractivity contribution in [3.63, 3.8) is 0 Å². The van der Waals surface area contributed by atoms with Crippen molar-refractivity contribution >= 4 is 34.8 Å². The Morgan fingerprint density at radius 3 is 2.24 bits per heavy atom. The average Bonchev–Trinajstić information content (AvgIpc) is 2.29. The molecule has 0 radical (unpaired) electrons. The van der Waals surface area contributed by atoms with Gasteiger partial charge in [-0.1, -0.05) is 23.2 Å². The Morgan fingerprint density at radius 2 is 1.65 bits per heavy atom. The van der Waals surface area contributed by atoms with Crippen molar-refractivity contribution in [3.8, 4) is 0 Å². The number of aryl methyl sites for hydroxylation is 1. The Morgan fingerprint density at radius 1 is 1.00 bits per heavy atom. The smallest absolute Gasteiger partial charge is 0.228 e. The van der Waals surface area contributed by atoms with Crippen LogP contribution in [0.1, 0.15) is 11.3 Å². The maximum absolute atomic E-state index is 6.00. The molecule has 2 aromatic rings. The van der Waals surface area contributed by atoms with Crippen molar-refractivity contribution in [2.24, 2.45) is 0 Å². The van der Waals surface area contributed by atoms with Gasteiger partial charge in [-0.2, -0.15) is 0 Å². The summed E-state index contributed by atoms with van der Waals surface area (Å²) < 4.78 is 0. The quantitative estimate of drug-likeness (QED) is 0.831.